The van der Waals surface area contributed by atoms with Gasteiger partial charge in [0.25, 0.3) is 0 Å². The van der Waals surface area contributed by atoms with Crippen LogP contribution in [0.5, 0.6) is 5.75 Å². The van der Waals surface area contributed by atoms with Crippen molar-refractivity contribution < 1.29 is 9.47 Å². The molecule has 0 aliphatic carbocycles. The van der Waals surface area contributed by atoms with E-state index in [9.17, 15) is 0 Å². The molecule has 4 rings (SSSR count). The number of imidazole rings is 1. The van der Waals surface area contributed by atoms with Crippen LogP contribution in [-0.4, -0.2) is 51.0 Å². The fraction of sp³-hybridized carbons (Fsp3) is 0.483. The van der Waals surface area contributed by atoms with E-state index in [0.717, 1.165) is 48.8 Å². The molecular weight excluding hydrogens is 486 g/mol. The summed E-state index contributed by atoms with van der Waals surface area (Å²) in [5.41, 5.74) is 9.54. The van der Waals surface area contributed by atoms with E-state index in [1.54, 1.807) is 7.11 Å². The molecule has 2 heterocycles. The third kappa shape index (κ3) is 4.89. The number of anilines is 1. The number of ether oxygens (including phenoxy) is 2. The predicted octanol–water partition coefficient (Wildman–Crippen LogP) is 7.09. The standard InChI is InChI=1S/C29H38ClN3O2Si/c1-20(2)36(21(3)4,22(5)6)17-12-29-31-26-10-8-23(32-13-15-35-16-14-32)19-27(26)33(29)24-9-11-28(34-7)25(30)18-24/h8-11,18-22H,13-16H2,1-7H3. The normalized spacial score (nSPS) is 14.6. The highest BCUT2D eigenvalue weighted by Crippen LogP contribution is 2.41. The van der Waals surface area contributed by atoms with Crippen LogP contribution in [0.1, 0.15) is 47.4 Å². The summed E-state index contributed by atoms with van der Waals surface area (Å²) >= 11 is 6.57. The number of morpholine rings is 1. The molecule has 3 aromatic rings. The van der Waals surface area contributed by atoms with Gasteiger partial charge in [-0.15, -0.1) is 5.54 Å². The maximum Gasteiger partial charge on any atom is 0.190 e. The Labute approximate surface area is 221 Å². The van der Waals surface area contributed by atoms with Gasteiger partial charge >= 0.3 is 0 Å². The van der Waals surface area contributed by atoms with Crippen LogP contribution in [0.15, 0.2) is 36.4 Å². The van der Waals surface area contributed by atoms with Gasteiger partial charge in [-0.25, -0.2) is 4.98 Å². The fourth-order valence-corrected chi connectivity index (χ4v) is 11.3. The van der Waals surface area contributed by atoms with Crippen molar-refractivity contribution >= 4 is 36.4 Å². The van der Waals surface area contributed by atoms with Crippen LogP contribution in [0.3, 0.4) is 0 Å². The molecule has 1 aliphatic heterocycles. The molecule has 192 valence electrons. The van der Waals surface area contributed by atoms with Crippen molar-refractivity contribution in [1.82, 2.24) is 9.55 Å². The van der Waals surface area contributed by atoms with Gasteiger partial charge in [0.15, 0.2) is 5.82 Å². The molecule has 1 saturated heterocycles. The number of fused-ring (bicyclic) bond motifs is 1. The van der Waals surface area contributed by atoms with Crippen molar-refractivity contribution in [3.05, 3.63) is 47.2 Å². The summed E-state index contributed by atoms with van der Waals surface area (Å²) in [6, 6.07) is 12.3. The van der Waals surface area contributed by atoms with E-state index in [-0.39, 0.29) is 0 Å². The number of rotatable bonds is 6. The average Bonchev–Trinajstić information content (AvgIpc) is 3.21. The van der Waals surface area contributed by atoms with Crippen LogP contribution in [0.4, 0.5) is 5.69 Å². The second-order valence-electron chi connectivity index (χ2n) is 10.5. The molecule has 1 aromatic heterocycles. The van der Waals surface area contributed by atoms with Crippen LogP contribution in [-0.2, 0) is 4.74 Å². The lowest BCUT2D eigenvalue weighted by Crippen LogP contribution is -2.43. The number of methoxy groups -OCH3 is 1. The first-order chi connectivity index (χ1) is 17.2. The Morgan fingerprint density at radius 3 is 2.17 bits per heavy atom. The van der Waals surface area contributed by atoms with E-state index < -0.39 is 8.07 Å². The minimum absolute atomic E-state index is 0.547. The van der Waals surface area contributed by atoms with Gasteiger partial charge in [0.2, 0.25) is 0 Å². The number of nitrogens with zero attached hydrogens (tertiary/aromatic N) is 3. The first-order valence-electron chi connectivity index (χ1n) is 12.9. The summed E-state index contributed by atoms with van der Waals surface area (Å²) in [6.45, 7) is 17.3. The van der Waals surface area contributed by atoms with Gasteiger partial charge in [0.1, 0.15) is 13.8 Å². The molecule has 2 aromatic carbocycles. The summed E-state index contributed by atoms with van der Waals surface area (Å²) in [5.74, 6) is 4.99. The number of benzene rings is 2. The van der Waals surface area contributed by atoms with Crippen molar-refractivity contribution in [3.63, 3.8) is 0 Å². The van der Waals surface area contributed by atoms with E-state index in [1.165, 1.54) is 5.69 Å². The van der Waals surface area contributed by atoms with Gasteiger partial charge < -0.3 is 14.4 Å². The molecule has 1 fully saturated rings. The zero-order chi connectivity index (χ0) is 26.0. The predicted molar refractivity (Wildman–Crippen MR) is 154 cm³/mol. The van der Waals surface area contributed by atoms with Gasteiger partial charge in [-0.2, -0.15) is 0 Å². The quantitative estimate of drug-likeness (QED) is 0.255. The fourth-order valence-electron chi connectivity index (χ4n) is 5.82. The maximum atomic E-state index is 6.57. The minimum Gasteiger partial charge on any atom is -0.495 e. The Hall–Kier alpha value is -2.46. The first-order valence-corrected chi connectivity index (χ1v) is 15.5. The number of hydrogen-bond acceptors (Lipinski definition) is 4. The van der Waals surface area contributed by atoms with Crippen molar-refractivity contribution in [3.8, 4) is 22.9 Å². The smallest absolute Gasteiger partial charge is 0.190 e. The van der Waals surface area contributed by atoms with Gasteiger partial charge in [0.05, 0.1) is 42.1 Å². The molecule has 1 aliphatic rings. The van der Waals surface area contributed by atoms with Crippen molar-refractivity contribution in [2.45, 2.75) is 58.2 Å². The molecule has 0 N–H and O–H groups in total. The van der Waals surface area contributed by atoms with Crippen molar-refractivity contribution in [1.29, 1.82) is 0 Å². The molecule has 5 nitrogen and oxygen atoms in total. The summed E-state index contributed by atoms with van der Waals surface area (Å²) in [6.07, 6.45) is 0. The minimum atomic E-state index is -1.93. The molecule has 0 unspecified atom stereocenters. The monoisotopic (exact) mass is 523 g/mol. The lowest BCUT2D eigenvalue weighted by atomic mass is 10.2. The number of aromatic nitrogens is 2. The van der Waals surface area contributed by atoms with Gasteiger partial charge in [-0.3, -0.25) is 4.57 Å². The molecule has 36 heavy (non-hydrogen) atoms. The van der Waals surface area contributed by atoms with Crippen LogP contribution in [0.2, 0.25) is 21.6 Å². The lowest BCUT2D eigenvalue weighted by Gasteiger charge is -2.38. The summed E-state index contributed by atoms with van der Waals surface area (Å²) in [5, 5.41) is 0.565. The summed E-state index contributed by atoms with van der Waals surface area (Å²) in [4.78, 5) is 7.38. The molecule has 0 atom stereocenters. The second kappa shape index (κ2) is 10.9. The van der Waals surface area contributed by atoms with Crippen LogP contribution in [0.25, 0.3) is 16.7 Å². The Kier molecular flexibility index (Phi) is 8.04. The largest absolute Gasteiger partial charge is 0.495 e. The van der Waals surface area contributed by atoms with E-state index in [0.29, 0.717) is 27.4 Å². The SMILES string of the molecule is COc1ccc(-n2c(C#C[Si](C(C)C)(C(C)C)C(C)C)nc3ccc(N4CCOCC4)cc32)cc1Cl. The van der Waals surface area contributed by atoms with Crippen LogP contribution in [0, 0.1) is 11.5 Å². The first kappa shape index (κ1) is 26.6. The zero-order valence-corrected chi connectivity index (χ0v) is 24.3. The summed E-state index contributed by atoms with van der Waals surface area (Å²) < 4.78 is 13.1. The highest BCUT2D eigenvalue weighted by atomic mass is 35.5. The molecule has 0 radical (unpaired) electrons. The Bertz CT molecular complexity index is 1260. The van der Waals surface area contributed by atoms with E-state index in [1.807, 2.05) is 18.2 Å². The maximum absolute atomic E-state index is 6.57. The summed E-state index contributed by atoms with van der Waals surface area (Å²) in [7, 11) is -0.297. The second-order valence-corrected chi connectivity index (χ2v) is 16.5. The van der Waals surface area contributed by atoms with E-state index in [2.05, 4.69) is 80.7 Å². The van der Waals surface area contributed by atoms with Gasteiger partial charge in [-0.05, 0) is 58.9 Å². The van der Waals surface area contributed by atoms with Crippen molar-refractivity contribution in [2.75, 3.05) is 38.3 Å². The molecule has 0 amide bonds. The third-order valence-corrected chi connectivity index (χ3v) is 14.3. The topological polar surface area (TPSA) is 39.5 Å². The van der Waals surface area contributed by atoms with Gasteiger partial charge in [-0.1, -0.05) is 53.1 Å². The Morgan fingerprint density at radius 1 is 0.944 bits per heavy atom. The van der Waals surface area contributed by atoms with Crippen LogP contribution >= 0.6 is 11.6 Å². The van der Waals surface area contributed by atoms with Crippen molar-refractivity contribution in [2.24, 2.45) is 0 Å². The third-order valence-electron chi connectivity index (χ3n) is 7.66. The van der Waals surface area contributed by atoms with E-state index in [4.69, 9.17) is 26.1 Å². The Morgan fingerprint density at radius 2 is 1.58 bits per heavy atom. The highest BCUT2D eigenvalue weighted by Gasteiger charge is 2.41. The lowest BCUT2D eigenvalue weighted by molar-refractivity contribution is 0.122. The molecule has 0 bridgehead atoms. The average molecular weight is 524 g/mol. The van der Waals surface area contributed by atoms with Crippen LogP contribution < -0.4 is 9.64 Å². The highest BCUT2D eigenvalue weighted by molar-refractivity contribution is 6.90. The molecule has 0 spiro atoms. The number of halogens is 1. The van der Waals surface area contributed by atoms with E-state index >= 15 is 0 Å². The van der Waals surface area contributed by atoms with Gasteiger partial charge in [0, 0.05) is 18.8 Å². The Balaban J connectivity index is 1.93. The molecule has 7 heteroatoms. The molecular formula is C29H38ClN3O2Si. The zero-order valence-electron chi connectivity index (χ0n) is 22.6. The molecule has 0 saturated carbocycles. The number of hydrogen-bond donors (Lipinski definition) is 0.